The number of hydrogen-bond acceptors (Lipinski definition) is 4. The second kappa shape index (κ2) is 5.94. The van der Waals surface area contributed by atoms with Crippen molar-refractivity contribution < 1.29 is 17.9 Å². The molecule has 118 valence electrons. The molecule has 0 amide bonds. The Bertz CT molecular complexity index is 866. The van der Waals surface area contributed by atoms with Gasteiger partial charge in [0.05, 0.1) is 10.5 Å². The first kappa shape index (κ1) is 15.4. The summed E-state index contributed by atoms with van der Waals surface area (Å²) in [5, 5.41) is -1.30. The SMILES string of the molecule is [C-]#[N+]C(c1ccc2c(c1)OCCO2)S(=O)(=O)c1ccc(C)cc1. The predicted octanol–water partition coefficient (Wildman–Crippen LogP) is 3.16. The van der Waals surface area contributed by atoms with Crippen LogP contribution < -0.4 is 9.47 Å². The molecule has 0 spiro atoms. The van der Waals surface area contributed by atoms with Crippen LogP contribution in [0.2, 0.25) is 0 Å². The number of aryl methyl sites for hydroxylation is 1. The van der Waals surface area contributed by atoms with E-state index >= 15 is 0 Å². The fourth-order valence-corrected chi connectivity index (χ4v) is 3.81. The first-order chi connectivity index (χ1) is 11.0. The standard InChI is InChI=1S/C17H15NO4S/c1-12-3-6-14(7-4-12)23(19,20)17(18-2)13-5-8-15-16(11-13)22-10-9-21-15/h3-8,11,17H,9-10H2,1H3. The second-order valence-electron chi connectivity index (χ2n) is 5.24. The van der Waals surface area contributed by atoms with Crippen molar-refractivity contribution in [1.82, 2.24) is 0 Å². The maximum Gasteiger partial charge on any atom is 0.350 e. The molecule has 3 rings (SSSR count). The average molecular weight is 329 g/mol. The fraction of sp³-hybridized carbons (Fsp3) is 0.235. The normalized spacial score (nSPS) is 14.8. The minimum absolute atomic E-state index is 0.138. The van der Waals surface area contributed by atoms with Crippen molar-refractivity contribution in [3.63, 3.8) is 0 Å². The molecule has 2 aromatic carbocycles. The van der Waals surface area contributed by atoms with Crippen molar-refractivity contribution in [2.75, 3.05) is 13.2 Å². The molecule has 0 N–H and O–H groups in total. The van der Waals surface area contributed by atoms with Gasteiger partial charge in [0.2, 0.25) is 0 Å². The fourth-order valence-electron chi connectivity index (χ4n) is 2.39. The summed E-state index contributed by atoms with van der Waals surface area (Å²) in [4.78, 5) is 3.48. The van der Waals surface area contributed by atoms with Crippen molar-refractivity contribution >= 4 is 9.84 Å². The lowest BCUT2D eigenvalue weighted by atomic mass is 10.2. The molecule has 1 aliphatic heterocycles. The van der Waals surface area contributed by atoms with Gasteiger partial charge in [0.25, 0.3) is 9.84 Å². The van der Waals surface area contributed by atoms with E-state index in [-0.39, 0.29) is 4.90 Å². The molecule has 0 radical (unpaired) electrons. The van der Waals surface area contributed by atoms with E-state index in [2.05, 4.69) is 4.85 Å². The summed E-state index contributed by atoms with van der Waals surface area (Å²) in [5.74, 6) is 1.04. The lowest BCUT2D eigenvalue weighted by Gasteiger charge is -2.19. The summed E-state index contributed by atoms with van der Waals surface area (Å²) in [5.41, 5.74) is 1.34. The van der Waals surface area contributed by atoms with Crippen molar-refractivity contribution in [3.05, 3.63) is 65.0 Å². The van der Waals surface area contributed by atoms with E-state index in [4.69, 9.17) is 16.0 Å². The van der Waals surface area contributed by atoms with Gasteiger partial charge in [-0.2, -0.15) is 0 Å². The van der Waals surface area contributed by atoms with Crippen LogP contribution in [0.3, 0.4) is 0 Å². The third kappa shape index (κ3) is 2.88. The molecule has 0 aliphatic carbocycles. The maximum atomic E-state index is 12.8. The minimum Gasteiger partial charge on any atom is -0.486 e. The van der Waals surface area contributed by atoms with Gasteiger partial charge in [-0.1, -0.05) is 17.7 Å². The first-order valence-corrected chi connectivity index (χ1v) is 8.63. The Morgan fingerprint density at radius 1 is 1.04 bits per heavy atom. The summed E-state index contributed by atoms with van der Waals surface area (Å²) in [6.45, 7) is 10.1. The van der Waals surface area contributed by atoms with E-state index in [0.29, 0.717) is 30.3 Å². The molecule has 1 unspecified atom stereocenters. The van der Waals surface area contributed by atoms with Crippen LogP contribution in [0.1, 0.15) is 16.5 Å². The zero-order valence-corrected chi connectivity index (χ0v) is 13.3. The molecule has 0 bridgehead atoms. The van der Waals surface area contributed by atoms with E-state index in [1.54, 1.807) is 30.3 Å². The number of sulfone groups is 1. The van der Waals surface area contributed by atoms with Crippen LogP contribution in [-0.2, 0) is 9.84 Å². The van der Waals surface area contributed by atoms with Gasteiger partial charge in [0, 0.05) is 0 Å². The number of hydrogen-bond donors (Lipinski definition) is 0. The van der Waals surface area contributed by atoms with Crippen LogP contribution in [-0.4, -0.2) is 21.6 Å². The van der Waals surface area contributed by atoms with Crippen LogP contribution in [0.25, 0.3) is 4.85 Å². The van der Waals surface area contributed by atoms with Gasteiger partial charge in [-0.15, -0.1) is 0 Å². The Hall–Kier alpha value is -2.52. The van der Waals surface area contributed by atoms with E-state index in [1.807, 2.05) is 6.92 Å². The quantitative estimate of drug-likeness (QED) is 0.812. The maximum absolute atomic E-state index is 12.8. The zero-order valence-electron chi connectivity index (χ0n) is 12.5. The van der Waals surface area contributed by atoms with Gasteiger partial charge in [-0.25, -0.2) is 15.0 Å². The van der Waals surface area contributed by atoms with Gasteiger partial charge < -0.3 is 9.47 Å². The Labute approximate surface area is 135 Å². The van der Waals surface area contributed by atoms with Crippen LogP contribution in [0, 0.1) is 13.5 Å². The highest BCUT2D eigenvalue weighted by molar-refractivity contribution is 7.91. The average Bonchev–Trinajstić information content (AvgIpc) is 2.55. The molecule has 1 aliphatic rings. The summed E-state index contributed by atoms with van der Waals surface area (Å²) in [6, 6.07) is 11.3. The summed E-state index contributed by atoms with van der Waals surface area (Å²) in [7, 11) is -3.80. The monoisotopic (exact) mass is 329 g/mol. The van der Waals surface area contributed by atoms with E-state index < -0.39 is 15.2 Å². The third-order valence-corrected chi connectivity index (χ3v) is 5.51. The number of ether oxygens (including phenoxy) is 2. The highest BCUT2D eigenvalue weighted by Gasteiger charge is 2.35. The summed E-state index contributed by atoms with van der Waals surface area (Å²) >= 11 is 0. The van der Waals surface area contributed by atoms with Gasteiger partial charge >= 0.3 is 5.37 Å². The van der Waals surface area contributed by atoms with Crippen LogP contribution in [0.4, 0.5) is 0 Å². The Morgan fingerprint density at radius 2 is 1.70 bits per heavy atom. The second-order valence-corrected chi connectivity index (χ2v) is 7.25. The lowest BCUT2D eigenvalue weighted by Crippen LogP contribution is -2.16. The van der Waals surface area contributed by atoms with Crippen molar-refractivity contribution in [1.29, 1.82) is 0 Å². The predicted molar refractivity (Wildman–Crippen MR) is 85.1 cm³/mol. The number of nitrogens with zero attached hydrogens (tertiary/aromatic N) is 1. The van der Waals surface area contributed by atoms with Gasteiger partial charge in [-0.3, -0.25) is 4.85 Å². The molecular formula is C17H15NO4S. The molecular weight excluding hydrogens is 314 g/mol. The van der Waals surface area contributed by atoms with Crippen molar-refractivity contribution in [3.8, 4) is 11.5 Å². The molecule has 1 atom stereocenters. The first-order valence-electron chi connectivity index (χ1n) is 7.09. The largest absolute Gasteiger partial charge is 0.486 e. The van der Waals surface area contributed by atoms with Crippen molar-refractivity contribution in [2.45, 2.75) is 17.2 Å². The summed E-state index contributed by atoms with van der Waals surface area (Å²) in [6.07, 6.45) is 0. The number of benzene rings is 2. The van der Waals surface area contributed by atoms with Crippen molar-refractivity contribution in [2.24, 2.45) is 0 Å². The molecule has 0 aromatic heterocycles. The van der Waals surface area contributed by atoms with Gasteiger partial charge in [0.15, 0.2) is 11.5 Å². The zero-order chi connectivity index (χ0) is 16.4. The molecule has 0 saturated heterocycles. The van der Waals surface area contributed by atoms with Gasteiger partial charge in [-0.05, 0) is 37.3 Å². The van der Waals surface area contributed by atoms with Crippen LogP contribution in [0.5, 0.6) is 11.5 Å². The third-order valence-electron chi connectivity index (χ3n) is 3.61. The van der Waals surface area contributed by atoms with E-state index in [0.717, 1.165) is 5.56 Å². The van der Waals surface area contributed by atoms with E-state index in [9.17, 15) is 8.42 Å². The Kier molecular flexibility index (Phi) is 3.97. The number of fused-ring (bicyclic) bond motifs is 1. The molecule has 0 saturated carbocycles. The molecule has 2 aromatic rings. The highest BCUT2D eigenvalue weighted by atomic mass is 32.2. The van der Waals surface area contributed by atoms with E-state index in [1.165, 1.54) is 12.1 Å². The smallest absolute Gasteiger partial charge is 0.350 e. The molecule has 5 nitrogen and oxygen atoms in total. The minimum atomic E-state index is -3.80. The van der Waals surface area contributed by atoms with Crippen LogP contribution in [0.15, 0.2) is 47.4 Å². The number of rotatable bonds is 3. The molecule has 1 heterocycles. The topological polar surface area (TPSA) is 57.0 Å². The Morgan fingerprint density at radius 3 is 2.35 bits per heavy atom. The molecule has 23 heavy (non-hydrogen) atoms. The summed E-state index contributed by atoms with van der Waals surface area (Å²) < 4.78 is 36.4. The highest BCUT2D eigenvalue weighted by Crippen LogP contribution is 2.37. The lowest BCUT2D eigenvalue weighted by molar-refractivity contribution is 0.171. The van der Waals surface area contributed by atoms with Gasteiger partial charge in [0.1, 0.15) is 13.2 Å². The Balaban J connectivity index is 2.02. The molecule has 6 heteroatoms. The van der Waals surface area contributed by atoms with Crippen LogP contribution >= 0.6 is 0 Å². The molecule has 0 fully saturated rings.